The van der Waals surface area contributed by atoms with Crippen molar-refractivity contribution in [2.45, 2.75) is 52.6 Å². The molecule has 0 aliphatic carbocycles. The predicted octanol–water partition coefficient (Wildman–Crippen LogP) is 1.74. The number of thioether (sulfide) groups is 2. The summed E-state index contributed by atoms with van der Waals surface area (Å²) in [4.78, 5) is 79.9. The number of esters is 2. The Balaban J connectivity index is 2.40. The third-order valence-corrected chi connectivity index (χ3v) is 6.97. The zero-order chi connectivity index (χ0) is 27.6. The van der Waals surface area contributed by atoms with Crippen molar-refractivity contribution in [2.24, 2.45) is 5.41 Å². The molecule has 2 amide bonds. The van der Waals surface area contributed by atoms with Gasteiger partial charge in [0.1, 0.15) is 23.5 Å². The van der Waals surface area contributed by atoms with E-state index in [2.05, 4.69) is 15.6 Å². The molecule has 13 heteroatoms. The van der Waals surface area contributed by atoms with E-state index in [9.17, 15) is 28.8 Å². The fourth-order valence-corrected chi connectivity index (χ4v) is 5.40. The molecule has 37 heavy (non-hydrogen) atoms. The van der Waals surface area contributed by atoms with Crippen molar-refractivity contribution in [1.29, 1.82) is 0 Å². The summed E-state index contributed by atoms with van der Waals surface area (Å²) in [6, 6.07) is 1.84. The molecular formula is C24H31N3O8S2. The highest BCUT2D eigenvalue weighted by Gasteiger charge is 2.31. The lowest BCUT2D eigenvalue weighted by Gasteiger charge is -2.24. The third kappa shape index (κ3) is 9.80. The maximum atomic E-state index is 12.9. The average molecular weight is 554 g/mol. The van der Waals surface area contributed by atoms with E-state index in [1.807, 2.05) is 0 Å². The van der Waals surface area contributed by atoms with Crippen molar-refractivity contribution in [3.8, 4) is 0 Å². The molecule has 2 rings (SSSR count). The van der Waals surface area contributed by atoms with E-state index in [1.54, 1.807) is 27.7 Å². The van der Waals surface area contributed by atoms with Crippen LogP contribution in [0.2, 0.25) is 0 Å². The first-order chi connectivity index (χ1) is 17.5. The molecule has 0 radical (unpaired) electrons. The molecular weight excluding hydrogens is 522 g/mol. The average Bonchev–Trinajstić information content (AvgIpc) is 2.83. The zero-order valence-electron chi connectivity index (χ0n) is 21.2. The van der Waals surface area contributed by atoms with E-state index in [0.29, 0.717) is 0 Å². The van der Waals surface area contributed by atoms with Gasteiger partial charge in [-0.25, -0.2) is 14.6 Å². The summed E-state index contributed by atoms with van der Waals surface area (Å²) >= 11 is 1.71. The first-order valence-corrected chi connectivity index (χ1v) is 13.7. The van der Waals surface area contributed by atoms with E-state index in [-0.39, 0.29) is 59.2 Å². The van der Waals surface area contributed by atoms with E-state index in [1.165, 1.54) is 18.2 Å². The van der Waals surface area contributed by atoms with E-state index in [0.717, 1.165) is 23.5 Å². The Hall–Kier alpha value is -2.93. The normalized spacial score (nSPS) is 21.6. The Kier molecular flexibility index (Phi) is 11.6. The van der Waals surface area contributed by atoms with Crippen LogP contribution < -0.4 is 10.6 Å². The van der Waals surface area contributed by atoms with Crippen molar-refractivity contribution in [1.82, 2.24) is 15.6 Å². The van der Waals surface area contributed by atoms with Gasteiger partial charge in [-0.1, -0.05) is 43.4 Å². The van der Waals surface area contributed by atoms with Crippen LogP contribution in [0.25, 0.3) is 0 Å². The Bertz CT molecular complexity index is 971. The number of aromatic nitrogens is 1. The molecule has 2 N–H and O–H groups in total. The van der Waals surface area contributed by atoms with Crippen LogP contribution in [-0.2, 0) is 28.7 Å². The first kappa shape index (κ1) is 30.3. The number of carbonyl (C=O) groups is 6. The van der Waals surface area contributed by atoms with Crippen LogP contribution in [0.1, 0.15) is 61.5 Å². The van der Waals surface area contributed by atoms with Gasteiger partial charge in [0, 0.05) is 24.3 Å². The monoisotopic (exact) mass is 553 g/mol. The summed E-state index contributed by atoms with van der Waals surface area (Å²) in [5.41, 5.74) is -1.01. The minimum atomic E-state index is -1.15. The third-order valence-electron chi connectivity index (χ3n) is 5.04. The highest BCUT2D eigenvalue weighted by Crippen LogP contribution is 2.31. The van der Waals surface area contributed by atoms with E-state index >= 15 is 0 Å². The standard InChI is InChI=1S/C24H31N3O8S2/c1-5-34-22(32)16-12-36-18(28)10-24(3,4)11-19(29)37-13-17(23(33)35-6-2)27-21(31)15-9-7-8-14(25-15)20(30)26-16/h7-9,16-17H,5-6,10-13H2,1-4H3,(H,26,30)(H,27,31)/t16-,17-/m1/s1. The fourth-order valence-electron chi connectivity index (χ4n) is 3.27. The van der Waals surface area contributed by atoms with Gasteiger partial charge in [0.25, 0.3) is 11.8 Å². The van der Waals surface area contributed by atoms with Crippen LogP contribution in [0.3, 0.4) is 0 Å². The van der Waals surface area contributed by atoms with Crippen molar-refractivity contribution in [3.63, 3.8) is 0 Å². The zero-order valence-corrected chi connectivity index (χ0v) is 22.8. The molecule has 0 saturated heterocycles. The molecule has 0 aromatic carbocycles. The summed E-state index contributed by atoms with van der Waals surface area (Å²) in [7, 11) is 0. The van der Waals surface area contributed by atoms with Gasteiger partial charge in [-0.05, 0) is 31.4 Å². The lowest BCUT2D eigenvalue weighted by atomic mass is 9.87. The van der Waals surface area contributed by atoms with Crippen LogP contribution >= 0.6 is 23.5 Å². The molecule has 1 aromatic heterocycles. The number of pyridine rings is 1. The van der Waals surface area contributed by atoms with Crippen LogP contribution in [0.4, 0.5) is 0 Å². The van der Waals surface area contributed by atoms with Gasteiger partial charge in [-0.3, -0.25) is 19.2 Å². The van der Waals surface area contributed by atoms with Gasteiger partial charge < -0.3 is 20.1 Å². The number of nitrogens with one attached hydrogen (secondary N) is 2. The quantitative estimate of drug-likeness (QED) is 0.523. The van der Waals surface area contributed by atoms with Gasteiger partial charge in [-0.15, -0.1) is 0 Å². The number of hydrogen-bond donors (Lipinski definition) is 2. The van der Waals surface area contributed by atoms with Crippen LogP contribution in [0.5, 0.6) is 0 Å². The molecule has 2 heterocycles. The van der Waals surface area contributed by atoms with Gasteiger partial charge in [0.05, 0.1) is 13.2 Å². The highest BCUT2D eigenvalue weighted by molar-refractivity contribution is 8.14. The summed E-state index contributed by atoms with van der Waals surface area (Å²) < 4.78 is 10.1. The smallest absolute Gasteiger partial charge is 0.329 e. The van der Waals surface area contributed by atoms with Crippen LogP contribution in [0, 0.1) is 5.41 Å². The number of nitrogens with zero attached hydrogens (tertiary/aromatic N) is 1. The fraction of sp³-hybridized carbons (Fsp3) is 0.542. The molecule has 2 atom stereocenters. The van der Waals surface area contributed by atoms with Gasteiger partial charge in [-0.2, -0.15) is 0 Å². The predicted molar refractivity (Wildman–Crippen MR) is 138 cm³/mol. The topological polar surface area (TPSA) is 158 Å². The molecule has 0 spiro atoms. The second-order valence-corrected chi connectivity index (χ2v) is 11.0. The van der Waals surface area contributed by atoms with Gasteiger partial charge >= 0.3 is 11.9 Å². The Morgan fingerprint density at radius 2 is 1.27 bits per heavy atom. The van der Waals surface area contributed by atoms with E-state index < -0.39 is 41.3 Å². The summed E-state index contributed by atoms with van der Waals surface area (Å²) in [6.45, 7) is 6.90. The number of carbonyl (C=O) groups excluding carboxylic acids is 6. The van der Waals surface area contributed by atoms with Crippen LogP contribution in [-0.4, -0.2) is 75.8 Å². The summed E-state index contributed by atoms with van der Waals surface area (Å²) in [5, 5.41) is 4.50. The minimum absolute atomic E-state index is 0.0368. The molecule has 0 saturated carbocycles. The van der Waals surface area contributed by atoms with Crippen molar-refractivity contribution in [2.75, 3.05) is 24.7 Å². The van der Waals surface area contributed by atoms with Crippen molar-refractivity contribution < 1.29 is 38.2 Å². The van der Waals surface area contributed by atoms with E-state index in [4.69, 9.17) is 9.47 Å². The maximum Gasteiger partial charge on any atom is 0.329 e. The molecule has 1 aromatic rings. The van der Waals surface area contributed by atoms with Gasteiger partial charge in [0.15, 0.2) is 10.2 Å². The molecule has 202 valence electrons. The van der Waals surface area contributed by atoms with Gasteiger partial charge in [0.2, 0.25) is 0 Å². The molecule has 1 aliphatic heterocycles. The number of hydrogen-bond acceptors (Lipinski definition) is 11. The molecule has 1 aliphatic rings. The second kappa shape index (κ2) is 14.1. The minimum Gasteiger partial charge on any atom is -0.464 e. The summed E-state index contributed by atoms with van der Waals surface area (Å²) in [5.74, 6) is -3.09. The molecule has 0 unspecified atom stereocenters. The number of amides is 2. The van der Waals surface area contributed by atoms with Crippen molar-refractivity contribution in [3.05, 3.63) is 29.6 Å². The molecule has 11 nitrogen and oxygen atoms in total. The number of fused-ring (bicyclic) bond motifs is 2. The Labute approximate surface area is 223 Å². The largest absolute Gasteiger partial charge is 0.464 e. The lowest BCUT2D eigenvalue weighted by Crippen LogP contribution is -2.45. The second-order valence-electron chi connectivity index (χ2n) is 8.85. The van der Waals surface area contributed by atoms with Crippen molar-refractivity contribution >= 4 is 57.5 Å². The number of rotatable bonds is 4. The Morgan fingerprint density at radius 3 is 1.65 bits per heavy atom. The first-order valence-electron chi connectivity index (χ1n) is 11.7. The van der Waals surface area contributed by atoms with Crippen LogP contribution in [0.15, 0.2) is 18.2 Å². The summed E-state index contributed by atoms with van der Waals surface area (Å²) in [6.07, 6.45) is 0.0736. The SMILES string of the molecule is CCOC(=O)[C@H]1CSC(=O)CC(C)(C)CC(=O)SC[C@H](C(=O)OCC)NC(=O)c2cccc(n2)C(=O)N1. The highest BCUT2D eigenvalue weighted by atomic mass is 32.2. The Morgan fingerprint density at radius 1 is 0.865 bits per heavy atom. The molecule has 2 bridgehead atoms. The lowest BCUT2D eigenvalue weighted by molar-refractivity contribution is -0.145. The number of ether oxygens (including phenoxy) is 2. The maximum absolute atomic E-state index is 12.9. The molecule has 0 fully saturated rings.